The molecule has 0 unspecified atom stereocenters. The predicted octanol–water partition coefficient (Wildman–Crippen LogP) is 1.80. The van der Waals surface area contributed by atoms with Gasteiger partial charge in [0.05, 0.1) is 24.9 Å². The molecule has 0 radical (unpaired) electrons. The Hall–Kier alpha value is -2.34. The highest BCUT2D eigenvalue weighted by atomic mass is 35.5. The first-order valence-electron chi connectivity index (χ1n) is 6.64. The second-order valence-electron chi connectivity index (χ2n) is 4.65. The van der Waals surface area contributed by atoms with Crippen LogP contribution in [0.3, 0.4) is 0 Å². The molecular weight excluding hydrogens is 306 g/mol. The summed E-state index contributed by atoms with van der Waals surface area (Å²) in [6.07, 6.45) is 0. The molecule has 0 saturated carbocycles. The highest BCUT2D eigenvalue weighted by Crippen LogP contribution is 2.20. The molecule has 0 atom stereocenters. The third-order valence-corrected chi connectivity index (χ3v) is 3.47. The number of amides is 1. The summed E-state index contributed by atoms with van der Waals surface area (Å²) in [6.45, 7) is 1.94. The molecule has 7 heteroatoms. The maximum atomic E-state index is 12.1. The van der Waals surface area contributed by atoms with E-state index >= 15 is 0 Å². The van der Waals surface area contributed by atoms with Crippen molar-refractivity contribution in [2.75, 3.05) is 13.7 Å². The van der Waals surface area contributed by atoms with Crippen molar-refractivity contribution < 1.29 is 14.3 Å². The quantitative estimate of drug-likeness (QED) is 0.852. The van der Waals surface area contributed by atoms with E-state index in [0.717, 1.165) is 5.56 Å². The number of hydrogen-bond donors (Lipinski definition) is 1. The fraction of sp³-hybridized carbons (Fsp3) is 0.267. The molecule has 0 saturated heterocycles. The number of ether oxygens (including phenoxy) is 1. The van der Waals surface area contributed by atoms with E-state index < -0.39 is 11.9 Å². The molecule has 1 aromatic carbocycles. The van der Waals surface area contributed by atoms with Gasteiger partial charge in [0.15, 0.2) is 0 Å². The highest BCUT2D eigenvalue weighted by Gasteiger charge is 2.20. The summed E-state index contributed by atoms with van der Waals surface area (Å²) in [7, 11) is 1.25. The minimum absolute atomic E-state index is 0.213. The number of carbonyl (C=O) groups excluding carboxylic acids is 2. The van der Waals surface area contributed by atoms with Gasteiger partial charge in [0.1, 0.15) is 11.7 Å². The van der Waals surface area contributed by atoms with Gasteiger partial charge in [0.2, 0.25) is 0 Å². The summed E-state index contributed by atoms with van der Waals surface area (Å²) in [5.41, 5.74) is 1.79. The Balaban J connectivity index is 2.16. The number of nitrogens with one attached hydrogen (secondary N) is 1. The molecule has 1 amide bonds. The van der Waals surface area contributed by atoms with Gasteiger partial charge in [-0.25, -0.2) is 4.68 Å². The van der Waals surface area contributed by atoms with Gasteiger partial charge >= 0.3 is 5.97 Å². The number of rotatable bonds is 5. The molecule has 0 bridgehead atoms. The summed E-state index contributed by atoms with van der Waals surface area (Å²) in [4.78, 5) is 23.2. The van der Waals surface area contributed by atoms with Gasteiger partial charge in [-0.3, -0.25) is 9.59 Å². The summed E-state index contributed by atoms with van der Waals surface area (Å²) < 4.78 is 6.03. The van der Waals surface area contributed by atoms with E-state index in [1.54, 1.807) is 11.6 Å². The van der Waals surface area contributed by atoms with Crippen molar-refractivity contribution in [2.24, 2.45) is 0 Å². The Morgan fingerprint density at radius 3 is 2.64 bits per heavy atom. The van der Waals surface area contributed by atoms with Crippen LogP contribution in [0.25, 0.3) is 0 Å². The Labute approximate surface area is 133 Å². The number of aryl methyl sites for hydroxylation is 1. The first-order chi connectivity index (χ1) is 10.5. The summed E-state index contributed by atoms with van der Waals surface area (Å²) in [6, 6.07) is 9.66. The average molecular weight is 322 g/mol. The molecule has 1 heterocycles. The zero-order chi connectivity index (χ0) is 16.1. The lowest BCUT2D eigenvalue weighted by molar-refractivity contribution is -0.139. The van der Waals surface area contributed by atoms with E-state index in [4.69, 9.17) is 11.6 Å². The van der Waals surface area contributed by atoms with Crippen LogP contribution >= 0.6 is 11.6 Å². The van der Waals surface area contributed by atoms with Crippen molar-refractivity contribution in [3.63, 3.8) is 0 Å². The zero-order valence-corrected chi connectivity index (χ0v) is 13.1. The maximum absolute atomic E-state index is 12.1. The summed E-state index contributed by atoms with van der Waals surface area (Å²) >= 11 is 6.25. The van der Waals surface area contributed by atoms with Crippen molar-refractivity contribution >= 4 is 23.5 Å². The van der Waals surface area contributed by atoms with Gasteiger partial charge in [-0.05, 0) is 12.5 Å². The molecule has 0 aliphatic rings. The molecule has 22 heavy (non-hydrogen) atoms. The number of esters is 1. The van der Waals surface area contributed by atoms with E-state index in [2.05, 4.69) is 15.2 Å². The number of halogens is 1. The van der Waals surface area contributed by atoms with Crippen molar-refractivity contribution in [1.82, 2.24) is 15.1 Å². The fourth-order valence-corrected chi connectivity index (χ4v) is 2.31. The second-order valence-corrected chi connectivity index (χ2v) is 5.01. The lowest BCUT2D eigenvalue weighted by atomic mass is 10.2. The van der Waals surface area contributed by atoms with Crippen LogP contribution in [0.2, 0.25) is 5.15 Å². The molecule has 2 aromatic rings. The van der Waals surface area contributed by atoms with Crippen LogP contribution in [0.5, 0.6) is 0 Å². The van der Waals surface area contributed by atoms with Crippen LogP contribution < -0.4 is 5.32 Å². The number of methoxy groups -OCH3 is 1. The molecule has 1 aromatic heterocycles. The normalized spacial score (nSPS) is 10.3. The summed E-state index contributed by atoms with van der Waals surface area (Å²) in [5, 5.41) is 6.98. The van der Waals surface area contributed by atoms with Gasteiger partial charge in [-0.2, -0.15) is 5.10 Å². The molecule has 2 rings (SSSR count). The first-order valence-corrected chi connectivity index (χ1v) is 7.02. The Bertz CT molecular complexity index is 683. The van der Waals surface area contributed by atoms with Gasteiger partial charge < -0.3 is 10.1 Å². The van der Waals surface area contributed by atoms with E-state index in [-0.39, 0.29) is 17.3 Å². The van der Waals surface area contributed by atoms with Crippen molar-refractivity contribution in [1.29, 1.82) is 0 Å². The first kappa shape index (κ1) is 16.0. The van der Waals surface area contributed by atoms with Crippen LogP contribution in [0, 0.1) is 6.92 Å². The number of hydrogen-bond acceptors (Lipinski definition) is 4. The third kappa shape index (κ3) is 3.65. The molecule has 0 fully saturated rings. The number of carbonyl (C=O) groups is 2. The van der Waals surface area contributed by atoms with Crippen LogP contribution in [-0.4, -0.2) is 35.3 Å². The monoisotopic (exact) mass is 321 g/mol. The van der Waals surface area contributed by atoms with Gasteiger partial charge in [0, 0.05) is 0 Å². The van der Waals surface area contributed by atoms with E-state index in [9.17, 15) is 9.59 Å². The molecule has 0 spiro atoms. The van der Waals surface area contributed by atoms with Crippen molar-refractivity contribution in [2.45, 2.75) is 13.5 Å². The minimum atomic E-state index is -0.529. The molecule has 1 N–H and O–H groups in total. The molecular formula is C15H16ClN3O3. The predicted molar refractivity (Wildman–Crippen MR) is 81.9 cm³/mol. The lowest BCUT2D eigenvalue weighted by Gasteiger charge is -2.05. The number of aromatic nitrogens is 2. The standard InChI is InChI=1S/C15H16ClN3O3/c1-10-13(15(21)17-8-12(20)22-2)14(16)19(18-10)9-11-6-4-3-5-7-11/h3-7H,8-9H2,1-2H3,(H,17,21). The number of benzene rings is 1. The Morgan fingerprint density at radius 1 is 1.32 bits per heavy atom. The van der Waals surface area contributed by atoms with Crippen LogP contribution in [-0.2, 0) is 16.1 Å². The SMILES string of the molecule is COC(=O)CNC(=O)c1c(C)nn(Cc2ccccc2)c1Cl. The van der Waals surface area contributed by atoms with E-state index in [0.29, 0.717) is 12.2 Å². The summed E-state index contributed by atoms with van der Waals surface area (Å²) in [5.74, 6) is -0.981. The van der Waals surface area contributed by atoms with Crippen LogP contribution in [0.4, 0.5) is 0 Å². The average Bonchev–Trinajstić information content (AvgIpc) is 2.79. The van der Waals surface area contributed by atoms with Crippen molar-refractivity contribution in [3.8, 4) is 0 Å². The van der Waals surface area contributed by atoms with Gasteiger partial charge in [-0.1, -0.05) is 41.9 Å². The van der Waals surface area contributed by atoms with E-state index in [1.165, 1.54) is 7.11 Å². The minimum Gasteiger partial charge on any atom is -0.468 e. The topological polar surface area (TPSA) is 73.2 Å². The maximum Gasteiger partial charge on any atom is 0.325 e. The largest absolute Gasteiger partial charge is 0.468 e. The van der Waals surface area contributed by atoms with Crippen molar-refractivity contribution in [3.05, 3.63) is 52.3 Å². The van der Waals surface area contributed by atoms with Gasteiger partial charge in [0.25, 0.3) is 5.91 Å². The van der Waals surface area contributed by atoms with E-state index in [1.807, 2.05) is 30.3 Å². The molecule has 0 aliphatic heterocycles. The van der Waals surface area contributed by atoms with Crippen LogP contribution in [0.15, 0.2) is 30.3 Å². The molecule has 0 aliphatic carbocycles. The Kier molecular flexibility index (Phi) is 5.16. The zero-order valence-electron chi connectivity index (χ0n) is 12.3. The molecule has 116 valence electrons. The highest BCUT2D eigenvalue weighted by molar-refractivity contribution is 6.33. The Morgan fingerprint density at radius 2 is 2.00 bits per heavy atom. The smallest absolute Gasteiger partial charge is 0.325 e. The second kappa shape index (κ2) is 7.09. The third-order valence-electron chi connectivity index (χ3n) is 3.09. The number of nitrogens with zero attached hydrogens (tertiary/aromatic N) is 2. The lowest BCUT2D eigenvalue weighted by Crippen LogP contribution is -2.30. The van der Waals surface area contributed by atoms with Crippen LogP contribution in [0.1, 0.15) is 21.6 Å². The van der Waals surface area contributed by atoms with Gasteiger partial charge in [-0.15, -0.1) is 0 Å². The molecule has 6 nitrogen and oxygen atoms in total. The fourth-order valence-electron chi connectivity index (χ4n) is 1.99.